The van der Waals surface area contributed by atoms with Crippen LogP contribution in [0.3, 0.4) is 0 Å². The van der Waals surface area contributed by atoms with Gasteiger partial charge >= 0.3 is 0 Å². The summed E-state index contributed by atoms with van der Waals surface area (Å²) in [6.45, 7) is 3.23. The van der Waals surface area contributed by atoms with Gasteiger partial charge in [0.15, 0.2) is 11.3 Å². The van der Waals surface area contributed by atoms with Crippen molar-refractivity contribution < 1.29 is 17.7 Å². The number of hydrogen-bond acceptors (Lipinski definition) is 5. The number of halogens is 1. The Balaban J connectivity index is 1.67. The number of benzene rings is 2. The van der Waals surface area contributed by atoms with Crippen molar-refractivity contribution in [1.29, 1.82) is 0 Å². The molecule has 4 rings (SSSR count). The molecule has 0 bridgehead atoms. The second-order valence-corrected chi connectivity index (χ2v) is 9.65. The van der Waals surface area contributed by atoms with Crippen LogP contribution in [0.25, 0.3) is 11.0 Å². The summed E-state index contributed by atoms with van der Waals surface area (Å²) in [6, 6.07) is 9.61. The van der Waals surface area contributed by atoms with E-state index in [4.69, 9.17) is 4.52 Å². The van der Waals surface area contributed by atoms with Crippen molar-refractivity contribution in [3.8, 4) is 0 Å². The van der Waals surface area contributed by atoms with Gasteiger partial charge in [0.2, 0.25) is 0 Å². The normalized spacial score (nSPS) is 14.9. The highest BCUT2D eigenvalue weighted by Gasteiger charge is 2.25. The summed E-state index contributed by atoms with van der Waals surface area (Å²) in [7, 11) is -3.84. The summed E-state index contributed by atoms with van der Waals surface area (Å²) in [6.07, 6.45) is 3.02. The zero-order chi connectivity index (χ0) is 20.6. The molecule has 2 heterocycles. The molecule has 1 aliphatic heterocycles. The van der Waals surface area contributed by atoms with E-state index in [0.29, 0.717) is 29.7 Å². The highest BCUT2D eigenvalue weighted by atomic mass is 79.9. The Morgan fingerprint density at radius 1 is 1.14 bits per heavy atom. The number of likely N-dealkylation sites (tertiary alicyclic amines) is 1. The average Bonchev–Trinajstić information content (AvgIpc) is 3.14. The van der Waals surface area contributed by atoms with E-state index in [1.54, 1.807) is 23.1 Å². The number of rotatable bonds is 4. The number of nitrogens with zero attached hydrogens (tertiary/aromatic N) is 2. The first-order valence-corrected chi connectivity index (χ1v) is 11.6. The van der Waals surface area contributed by atoms with Crippen LogP contribution in [-0.4, -0.2) is 37.5 Å². The first kappa shape index (κ1) is 19.9. The lowest BCUT2D eigenvalue weighted by atomic mass is 10.1. The summed E-state index contributed by atoms with van der Waals surface area (Å²) < 4.78 is 34.5. The number of aromatic nitrogens is 1. The zero-order valence-corrected chi connectivity index (χ0v) is 18.2. The van der Waals surface area contributed by atoms with Gasteiger partial charge in [0.05, 0.1) is 10.3 Å². The van der Waals surface area contributed by atoms with Gasteiger partial charge in [0, 0.05) is 23.2 Å². The molecule has 2 aromatic carbocycles. The first-order valence-electron chi connectivity index (χ1n) is 9.33. The third kappa shape index (κ3) is 4.02. The molecule has 29 heavy (non-hydrogen) atoms. The fourth-order valence-corrected chi connectivity index (χ4v) is 4.73. The van der Waals surface area contributed by atoms with Gasteiger partial charge in [0.25, 0.3) is 15.9 Å². The van der Waals surface area contributed by atoms with Crippen LogP contribution in [0.5, 0.6) is 0 Å². The quantitative estimate of drug-likeness (QED) is 0.603. The predicted molar refractivity (Wildman–Crippen MR) is 113 cm³/mol. The maximum absolute atomic E-state index is 12.9. The molecule has 1 amide bonds. The molecule has 0 saturated carbocycles. The maximum atomic E-state index is 12.9. The molecule has 1 saturated heterocycles. The molecular weight excluding hydrogens is 458 g/mol. The Morgan fingerprint density at radius 3 is 2.62 bits per heavy atom. The first-order chi connectivity index (χ1) is 13.8. The SMILES string of the molecule is Cc1cc(NS(=O)(=O)c2ccc3onc(C(=O)N4CCCCC4)c3c2)ccc1Br. The van der Waals surface area contributed by atoms with Crippen molar-refractivity contribution in [1.82, 2.24) is 10.1 Å². The van der Waals surface area contributed by atoms with Gasteiger partial charge in [-0.3, -0.25) is 9.52 Å². The van der Waals surface area contributed by atoms with E-state index in [-0.39, 0.29) is 16.5 Å². The number of fused-ring (bicyclic) bond motifs is 1. The second kappa shape index (κ2) is 7.79. The summed E-state index contributed by atoms with van der Waals surface area (Å²) in [5, 5.41) is 4.31. The third-order valence-electron chi connectivity index (χ3n) is 5.01. The van der Waals surface area contributed by atoms with Crippen LogP contribution in [0.2, 0.25) is 0 Å². The van der Waals surface area contributed by atoms with Crippen molar-refractivity contribution in [2.75, 3.05) is 17.8 Å². The molecule has 3 aromatic rings. The molecule has 0 aliphatic carbocycles. The van der Waals surface area contributed by atoms with Crippen molar-refractivity contribution in [3.05, 3.63) is 52.1 Å². The van der Waals surface area contributed by atoms with E-state index in [1.807, 2.05) is 6.92 Å². The third-order valence-corrected chi connectivity index (χ3v) is 7.28. The number of nitrogens with one attached hydrogen (secondary N) is 1. The van der Waals surface area contributed by atoms with Crippen LogP contribution >= 0.6 is 15.9 Å². The molecule has 0 spiro atoms. The van der Waals surface area contributed by atoms with E-state index >= 15 is 0 Å². The van der Waals surface area contributed by atoms with Crippen molar-refractivity contribution in [2.45, 2.75) is 31.1 Å². The molecule has 0 radical (unpaired) electrons. The van der Waals surface area contributed by atoms with Gasteiger partial charge < -0.3 is 9.42 Å². The van der Waals surface area contributed by atoms with Gasteiger partial charge in [-0.25, -0.2) is 8.42 Å². The molecular formula is C20H20BrN3O4S. The lowest BCUT2D eigenvalue weighted by Crippen LogP contribution is -2.35. The Hall–Kier alpha value is -2.39. The minimum absolute atomic E-state index is 0.0430. The smallest absolute Gasteiger partial charge is 0.276 e. The summed E-state index contributed by atoms with van der Waals surface area (Å²) in [5.41, 5.74) is 1.90. The predicted octanol–water partition coefficient (Wildman–Crippen LogP) is 4.33. The maximum Gasteiger partial charge on any atom is 0.276 e. The highest BCUT2D eigenvalue weighted by molar-refractivity contribution is 9.10. The van der Waals surface area contributed by atoms with E-state index < -0.39 is 10.0 Å². The standard InChI is InChI=1S/C20H20BrN3O4S/c1-13-11-14(5-7-17(13)21)23-29(26,27)15-6-8-18-16(12-15)19(22-28-18)20(25)24-9-3-2-4-10-24/h5-8,11-12,23H,2-4,9-10H2,1H3. The zero-order valence-electron chi connectivity index (χ0n) is 15.8. The van der Waals surface area contributed by atoms with Crippen molar-refractivity contribution in [3.63, 3.8) is 0 Å². The lowest BCUT2D eigenvalue weighted by Gasteiger charge is -2.25. The van der Waals surface area contributed by atoms with Crippen LogP contribution in [0.1, 0.15) is 35.3 Å². The molecule has 1 N–H and O–H groups in total. The van der Waals surface area contributed by atoms with Gasteiger partial charge in [0.1, 0.15) is 0 Å². The van der Waals surface area contributed by atoms with Crippen LogP contribution < -0.4 is 4.72 Å². The molecule has 0 atom stereocenters. The Morgan fingerprint density at radius 2 is 1.90 bits per heavy atom. The largest absolute Gasteiger partial charge is 0.355 e. The van der Waals surface area contributed by atoms with Crippen molar-refractivity contribution >= 4 is 48.5 Å². The minimum atomic E-state index is -3.84. The molecule has 7 nitrogen and oxygen atoms in total. The molecule has 9 heteroatoms. The van der Waals surface area contributed by atoms with Gasteiger partial charge in [-0.2, -0.15) is 0 Å². The van der Waals surface area contributed by atoms with Crippen LogP contribution in [-0.2, 0) is 10.0 Å². The van der Waals surface area contributed by atoms with E-state index in [1.165, 1.54) is 18.2 Å². The van der Waals surface area contributed by atoms with Gasteiger partial charge in [-0.05, 0) is 68.1 Å². The summed E-state index contributed by atoms with van der Waals surface area (Å²) in [5.74, 6) is -0.227. The Bertz CT molecular complexity index is 1180. The van der Waals surface area contributed by atoms with Crippen LogP contribution in [0.4, 0.5) is 5.69 Å². The lowest BCUT2D eigenvalue weighted by molar-refractivity contribution is 0.0716. The summed E-state index contributed by atoms with van der Waals surface area (Å²) in [4.78, 5) is 14.6. The van der Waals surface area contributed by atoms with Crippen LogP contribution in [0, 0.1) is 6.92 Å². The summed E-state index contributed by atoms with van der Waals surface area (Å²) >= 11 is 3.40. The van der Waals surface area contributed by atoms with Gasteiger partial charge in [-0.1, -0.05) is 21.1 Å². The number of anilines is 1. The van der Waals surface area contributed by atoms with E-state index in [0.717, 1.165) is 29.3 Å². The molecule has 1 fully saturated rings. The molecule has 152 valence electrons. The number of piperidine rings is 1. The number of sulfonamides is 1. The monoisotopic (exact) mass is 477 g/mol. The average molecular weight is 478 g/mol. The van der Waals surface area contributed by atoms with Gasteiger partial charge in [-0.15, -0.1) is 0 Å². The molecule has 1 aromatic heterocycles. The molecule has 1 aliphatic rings. The highest BCUT2D eigenvalue weighted by Crippen LogP contribution is 2.27. The van der Waals surface area contributed by atoms with Crippen LogP contribution in [0.15, 0.2) is 50.3 Å². The second-order valence-electron chi connectivity index (χ2n) is 7.11. The number of hydrogen-bond donors (Lipinski definition) is 1. The number of carbonyl (C=O) groups excluding carboxylic acids is 1. The van der Waals surface area contributed by atoms with E-state index in [2.05, 4.69) is 25.8 Å². The number of amides is 1. The number of aryl methyl sites for hydroxylation is 1. The Kier molecular flexibility index (Phi) is 5.35. The topological polar surface area (TPSA) is 92.5 Å². The fourth-order valence-electron chi connectivity index (χ4n) is 3.41. The van der Waals surface area contributed by atoms with E-state index in [9.17, 15) is 13.2 Å². The Labute approximate surface area is 177 Å². The minimum Gasteiger partial charge on any atom is -0.355 e. The van der Waals surface area contributed by atoms with Crippen molar-refractivity contribution in [2.24, 2.45) is 0 Å². The molecule has 0 unspecified atom stereocenters. The number of carbonyl (C=O) groups is 1. The fraction of sp³-hybridized carbons (Fsp3) is 0.300.